The van der Waals surface area contributed by atoms with E-state index in [-0.39, 0.29) is 25.4 Å². The number of carboxylic acids is 1. The number of pyridine rings is 1. The molecule has 0 saturated carbocycles. The van der Waals surface area contributed by atoms with Crippen LogP contribution in [0.1, 0.15) is 24.2 Å². The maximum absolute atomic E-state index is 14.2. The molecule has 0 spiro atoms. The molecule has 1 aromatic carbocycles. The first kappa shape index (κ1) is 28.6. The van der Waals surface area contributed by atoms with Gasteiger partial charge in [0, 0.05) is 18.4 Å². The fourth-order valence-electron chi connectivity index (χ4n) is 3.68. The monoisotopic (exact) mass is 543 g/mol. The van der Waals surface area contributed by atoms with Crippen LogP contribution in [-0.2, 0) is 22.5 Å². The van der Waals surface area contributed by atoms with Crippen LogP contribution in [0, 0.1) is 5.82 Å². The van der Waals surface area contributed by atoms with Crippen molar-refractivity contribution in [2.45, 2.75) is 38.2 Å². The van der Waals surface area contributed by atoms with Crippen LogP contribution in [0.3, 0.4) is 0 Å². The number of aromatic nitrogens is 3. The summed E-state index contributed by atoms with van der Waals surface area (Å²) in [5.41, 5.74) is 1.95. The van der Waals surface area contributed by atoms with Gasteiger partial charge in [-0.25, -0.2) is 19.0 Å². The quantitative estimate of drug-likeness (QED) is 0.369. The molecule has 4 N–H and O–H groups in total. The summed E-state index contributed by atoms with van der Waals surface area (Å²) >= 11 is 0. The standard InChI is InChI=1S/C21H24FN5O4.C2HF3O2/c1-3-27-20-13(9-23-27)7-19-24-16(20)8-14(28)10-31-11-17(25-21(29)26-19)12-4-5-18(30-2)15(22)6-12;3-2(4,5)1(6)7/h4-7,9,14,17,28H,3,8,10-11H2,1-2H3,(H2,24,25,26,29);(H,6,7)/t14-,17-;/m1./s1. The van der Waals surface area contributed by atoms with Gasteiger partial charge in [0.05, 0.1) is 49.9 Å². The van der Waals surface area contributed by atoms with Gasteiger partial charge in [-0.3, -0.25) is 10.00 Å². The highest BCUT2D eigenvalue weighted by atomic mass is 19.4. The number of benzene rings is 1. The number of rotatable bonds is 3. The number of halogens is 4. The molecule has 3 aromatic rings. The number of fused-ring (bicyclic) bond motifs is 4. The van der Waals surface area contributed by atoms with E-state index in [0.29, 0.717) is 23.6 Å². The number of ether oxygens (including phenoxy) is 2. The summed E-state index contributed by atoms with van der Waals surface area (Å²) < 4.78 is 58.3. The van der Waals surface area contributed by atoms with Crippen molar-refractivity contribution in [2.75, 3.05) is 25.6 Å². The molecule has 0 radical (unpaired) electrons. The molecule has 2 bridgehead atoms. The van der Waals surface area contributed by atoms with Crippen LogP contribution in [-0.4, -0.2) is 69.6 Å². The highest BCUT2D eigenvalue weighted by Crippen LogP contribution is 2.25. The summed E-state index contributed by atoms with van der Waals surface area (Å²) in [7, 11) is 1.38. The third-order valence-corrected chi connectivity index (χ3v) is 5.38. The molecule has 1 aliphatic heterocycles. The number of amides is 2. The van der Waals surface area contributed by atoms with Crippen LogP contribution in [0.25, 0.3) is 10.9 Å². The second-order valence-corrected chi connectivity index (χ2v) is 8.10. The van der Waals surface area contributed by atoms with E-state index in [1.165, 1.54) is 19.2 Å². The van der Waals surface area contributed by atoms with Gasteiger partial charge in [0.15, 0.2) is 11.6 Å². The number of carbonyl (C=O) groups excluding carboxylic acids is 1. The molecule has 206 valence electrons. The molecule has 0 unspecified atom stereocenters. The van der Waals surface area contributed by atoms with E-state index >= 15 is 0 Å². The Kier molecular flexibility index (Phi) is 9.06. The Morgan fingerprint density at radius 1 is 1.29 bits per heavy atom. The maximum Gasteiger partial charge on any atom is 0.490 e. The molecule has 2 amide bonds. The molecule has 3 heterocycles. The van der Waals surface area contributed by atoms with Gasteiger partial charge < -0.3 is 25.0 Å². The minimum atomic E-state index is -5.08. The van der Waals surface area contributed by atoms with Crippen molar-refractivity contribution in [3.05, 3.63) is 47.5 Å². The number of nitrogens with one attached hydrogen (secondary N) is 2. The molecule has 0 aliphatic carbocycles. The van der Waals surface area contributed by atoms with Gasteiger partial charge in [-0.05, 0) is 30.7 Å². The number of alkyl halides is 3. The van der Waals surface area contributed by atoms with Crippen LogP contribution in [0.4, 0.5) is 28.2 Å². The zero-order valence-electron chi connectivity index (χ0n) is 20.3. The van der Waals surface area contributed by atoms with Crippen molar-refractivity contribution in [3.8, 4) is 5.75 Å². The lowest BCUT2D eigenvalue weighted by atomic mass is 10.1. The predicted molar refractivity (Wildman–Crippen MR) is 125 cm³/mol. The Hall–Kier alpha value is -3.98. The van der Waals surface area contributed by atoms with E-state index in [4.69, 9.17) is 19.4 Å². The van der Waals surface area contributed by atoms with Crippen LogP contribution in [0.15, 0.2) is 30.5 Å². The first-order chi connectivity index (χ1) is 17.9. The molecule has 0 fully saturated rings. The Morgan fingerprint density at radius 2 is 2.00 bits per heavy atom. The number of hydrogen-bond donors (Lipinski definition) is 4. The molecular weight excluding hydrogens is 518 g/mol. The zero-order chi connectivity index (χ0) is 28.0. The number of aliphatic carboxylic acids is 1. The lowest BCUT2D eigenvalue weighted by molar-refractivity contribution is -0.192. The Bertz CT molecular complexity index is 1300. The van der Waals surface area contributed by atoms with Crippen LogP contribution in [0.2, 0.25) is 0 Å². The highest BCUT2D eigenvalue weighted by molar-refractivity contribution is 5.92. The number of methoxy groups -OCH3 is 1. The maximum atomic E-state index is 14.2. The first-order valence-corrected chi connectivity index (χ1v) is 11.2. The Labute approximate surface area is 213 Å². The number of anilines is 1. The summed E-state index contributed by atoms with van der Waals surface area (Å²) in [6.07, 6.45) is -3.96. The van der Waals surface area contributed by atoms with E-state index in [2.05, 4.69) is 20.7 Å². The first-order valence-electron chi connectivity index (χ1n) is 11.2. The van der Waals surface area contributed by atoms with Crippen molar-refractivity contribution >= 4 is 28.7 Å². The summed E-state index contributed by atoms with van der Waals surface area (Å²) in [5.74, 6) is -2.86. The number of carbonyl (C=O) groups is 2. The summed E-state index contributed by atoms with van der Waals surface area (Å²) in [6.45, 7) is 2.71. The topological polar surface area (TPSA) is 148 Å². The molecular formula is C23H25F4N5O6. The Morgan fingerprint density at radius 3 is 2.61 bits per heavy atom. The van der Waals surface area contributed by atoms with Gasteiger partial charge in [-0.15, -0.1) is 0 Å². The van der Waals surface area contributed by atoms with Crippen LogP contribution >= 0.6 is 0 Å². The van der Waals surface area contributed by atoms with Crippen LogP contribution in [0.5, 0.6) is 5.75 Å². The Balaban J connectivity index is 0.000000505. The number of aliphatic hydroxyl groups is 1. The number of urea groups is 1. The van der Waals surface area contributed by atoms with Gasteiger partial charge in [0.1, 0.15) is 5.82 Å². The molecule has 11 nitrogen and oxygen atoms in total. The van der Waals surface area contributed by atoms with E-state index < -0.39 is 36.1 Å². The number of hydrogen-bond acceptors (Lipinski definition) is 7. The normalized spacial score (nSPS) is 18.2. The van der Waals surface area contributed by atoms with Crippen molar-refractivity contribution in [1.82, 2.24) is 20.1 Å². The molecule has 1 aliphatic rings. The average Bonchev–Trinajstić information content (AvgIpc) is 3.26. The lowest BCUT2D eigenvalue weighted by Crippen LogP contribution is -2.36. The minimum Gasteiger partial charge on any atom is -0.494 e. The molecule has 4 rings (SSSR count). The number of aliphatic hydroxyl groups excluding tert-OH is 1. The molecule has 0 saturated heterocycles. The fraction of sp³-hybridized carbons (Fsp3) is 0.391. The second kappa shape index (κ2) is 12.0. The second-order valence-electron chi connectivity index (χ2n) is 8.10. The molecule has 2 aromatic heterocycles. The van der Waals surface area contributed by atoms with Gasteiger partial charge >= 0.3 is 18.2 Å². The van der Waals surface area contributed by atoms with Crippen molar-refractivity contribution in [2.24, 2.45) is 0 Å². The van der Waals surface area contributed by atoms with E-state index in [0.717, 1.165) is 10.9 Å². The smallest absolute Gasteiger partial charge is 0.490 e. The van der Waals surface area contributed by atoms with E-state index in [1.54, 1.807) is 23.0 Å². The summed E-state index contributed by atoms with van der Waals surface area (Å²) in [6, 6.07) is 5.01. The van der Waals surface area contributed by atoms with Gasteiger partial charge in [-0.1, -0.05) is 6.07 Å². The van der Waals surface area contributed by atoms with E-state index in [9.17, 15) is 27.5 Å². The zero-order valence-corrected chi connectivity index (χ0v) is 20.3. The average molecular weight is 543 g/mol. The number of aryl methyl sites for hydroxylation is 1. The van der Waals surface area contributed by atoms with E-state index in [1.807, 2.05) is 6.92 Å². The summed E-state index contributed by atoms with van der Waals surface area (Å²) in [4.78, 5) is 26.1. The number of carboxylic acid groups (broad SMARTS) is 1. The number of nitrogens with zero attached hydrogens (tertiary/aromatic N) is 3. The molecule has 15 heteroatoms. The summed E-state index contributed by atoms with van der Waals surface area (Å²) in [5, 5.41) is 28.3. The van der Waals surface area contributed by atoms with Crippen molar-refractivity contribution < 1.29 is 46.8 Å². The van der Waals surface area contributed by atoms with Crippen molar-refractivity contribution in [1.29, 1.82) is 0 Å². The third-order valence-electron chi connectivity index (χ3n) is 5.38. The molecule has 2 atom stereocenters. The van der Waals surface area contributed by atoms with Crippen LogP contribution < -0.4 is 15.4 Å². The predicted octanol–water partition coefficient (Wildman–Crippen LogP) is 3.03. The fourth-order valence-corrected chi connectivity index (χ4v) is 3.68. The minimum absolute atomic E-state index is 0.0338. The largest absolute Gasteiger partial charge is 0.494 e. The van der Waals surface area contributed by atoms with Gasteiger partial charge in [-0.2, -0.15) is 18.3 Å². The SMILES string of the molecule is CCn1ncc2cc3nc(c21)C[C@@H](O)COC[C@H](c1ccc(OC)c(F)c1)NC(=O)N3.O=C(O)C(F)(F)F. The lowest BCUT2D eigenvalue weighted by Gasteiger charge is -2.22. The van der Waals surface area contributed by atoms with Gasteiger partial charge in [0.2, 0.25) is 0 Å². The van der Waals surface area contributed by atoms with Gasteiger partial charge in [0.25, 0.3) is 0 Å². The third kappa shape index (κ3) is 7.07. The van der Waals surface area contributed by atoms with Crippen molar-refractivity contribution in [3.63, 3.8) is 0 Å². The molecule has 38 heavy (non-hydrogen) atoms. The highest BCUT2D eigenvalue weighted by Gasteiger charge is 2.38.